The molecule has 0 spiro atoms. The molecule has 1 aromatic carbocycles. The first-order chi connectivity index (χ1) is 9.39. The molecule has 0 aromatic heterocycles. The summed E-state index contributed by atoms with van der Waals surface area (Å²) in [7, 11) is -3.64. The first-order valence-corrected chi connectivity index (χ1v) is 8.44. The van der Waals surface area contributed by atoms with Gasteiger partial charge in [-0.3, -0.25) is 4.18 Å². The van der Waals surface area contributed by atoms with Crippen LogP contribution in [0.1, 0.15) is 25.3 Å². The summed E-state index contributed by atoms with van der Waals surface area (Å²) in [5.74, 6) is 1.07. The Morgan fingerprint density at radius 3 is 2.50 bits per heavy atom. The van der Waals surface area contributed by atoms with Crippen LogP contribution in [-0.2, 0) is 14.3 Å². The van der Waals surface area contributed by atoms with E-state index in [0.717, 1.165) is 18.4 Å². The largest absolute Gasteiger partial charge is 0.296 e. The summed E-state index contributed by atoms with van der Waals surface area (Å²) >= 11 is 0. The van der Waals surface area contributed by atoms with Gasteiger partial charge in [0.1, 0.15) is 0 Å². The van der Waals surface area contributed by atoms with E-state index < -0.39 is 10.1 Å². The van der Waals surface area contributed by atoms with Crippen LogP contribution in [0.4, 0.5) is 0 Å². The first kappa shape index (κ1) is 13.8. The molecule has 1 aromatic rings. The van der Waals surface area contributed by atoms with Gasteiger partial charge in [-0.25, -0.2) is 0 Å². The molecule has 3 atom stereocenters. The van der Waals surface area contributed by atoms with E-state index in [4.69, 9.17) is 4.18 Å². The van der Waals surface area contributed by atoms with E-state index in [1.54, 1.807) is 24.3 Å². The van der Waals surface area contributed by atoms with E-state index in [1.165, 1.54) is 0 Å². The smallest absolute Gasteiger partial charge is 0.266 e. The highest BCUT2D eigenvalue weighted by atomic mass is 32.2. The lowest BCUT2D eigenvalue weighted by Gasteiger charge is -2.30. The molecule has 2 aliphatic carbocycles. The van der Waals surface area contributed by atoms with Gasteiger partial charge in [0.25, 0.3) is 10.1 Å². The van der Waals surface area contributed by atoms with Gasteiger partial charge in [-0.1, -0.05) is 36.8 Å². The van der Waals surface area contributed by atoms with E-state index in [0.29, 0.717) is 11.8 Å². The highest BCUT2D eigenvalue weighted by molar-refractivity contribution is 7.86. The predicted molar refractivity (Wildman–Crippen MR) is 77.8 cm³/mol. The number of benzene rings is 1. The maximum absolute atomic E-state index is 12.2. The summed E-state index contributed by atoms with van der Waals surface area (Å²) in [6.07, 6.45) is 6.64. The molecule has 3 nitrogen and oxygen atoms in total. The van der Waals surface area contributed by atoms with E-state index in [2.05, 4.69) is 19.1 Å². The molecular weight excluding hydrogens is 272 g/mol. The minimum atomic E-state index is -3.64. The van der Waals surface area contributed by atoms with E-state index in [9.17, 15) is 8.42 Å². The van der Waals surface area contributed by atoms with Gasteiger partial charge in [0.2, 0.25) is 0 Å². The fourth-order valence-corrected chi connectivity index (χ4v) is 4.37. The molecule has 0 radical (unpaired) electrons. The van der Waals surface area contributed by atoms with E-state index in [1.807, 2.05) is 6.92 Å². The predicted octanol–water partition coefficient (Wildman–Crippen LogP) is 3.30. The molecule has 3 rings (SSSR count). The maximum atomic E-state index is 12.2. The van der Waals surface area contributed by atoms with Gasteiger partial charge in [-0.2, -0.15) is 8.42 Å². The van der Waals surface area contributed by atoms with Crippen LogP contribution in [0.2, 0.25) is 0 Å². The minimum Gasteiger partial charge on any atom is -0.266 e. The third-order valence-electron chi connectivity index (χ3n) is 4.65. The van der Waals surface area contributed by atoms with Crippen LogP contribution in [-0.4, -0.2) is 15.0 Å². The number of fused-ring (bicyclic) bond motifs is 2. The molecule has 0 heterocycles. The van der Waals surface area contributed by atoms with Crippen molar-refractivity contribution in [3.63, 3.8) is 0 Å². The maximum Gasteiger partial charge on any atom is 0.296 e. The Labute approximate surface area is 120 Å². The Morgan fingerprint density at radius 1 is 1.25 bits per heavy atom. The molecule has 20 heavy (non-hydrogen) atoms. The third-order valence-corrected chi connectivity index (χ3v) is 5.93. The Balaban J connectivity index is 1.72. The van der Waals surface area contributed by atoms with Crippen LogP contribution in [0, 0.1) is 24.2 Å². The highest BCUT2D eigenvalue weighted by Gasteiger charge is 2.45. The standard InChI is InChI=1S/C16H20O3S/c1-12-3-7-15(8-4-12)20(17,18)19-11-16(2)10-13-5-6-14(16)9-13/h3-8,13-14H,9-11H2,1-2H3/t13-,14-,16-/m0/s1. The number of hydrogen-bond donors (Lipinski definition) is 0. The zero-order valence-electron chi connectivity index (χ0n) is 11.9. The van der Waals surface area contributed by atoms with Crippen LogP contribution in [0.5, 0.6) is 0 Å². The second-order valence-corrected chi connectivity index (χ2v) is 7.99. The number of aryl methyl sites for hydroxylation is 1. The first-order valence-electron chi connectivity index (χ1n) is 7.03. The number of hydrogen-bond acceptors (Lipinski definition) is 3. The molecule has 0 N–H and O–H groups in total. The van der Waals surface area contributed by atoms with Crippen LogP contribution in [0.25, 0.3) is 0 Å². The van der Waals surface area contributed by atoms with Crippen molar-refractivity contribution < 1.29 is 12.6 Å². The second kappa shape index (κ2) is 4.71. The molecule has 108 valence electrons. The van der Waals surface area contributed by atoms with Gasteiger partial charge >= 0.3 is 0 Å². The van der Waals surface area contributed by atoms with Crippen molar-refractivity contribution in [1.82, 2.24) is 0 Å². The topological polar surface area (TPSA) is 43.4 Å². The summed E-state index contributed by atoms with van der Waals surface area (Å²) < 4.78 is 29.8. The van der Waals surface area contributed by atoms with Gasteiger partial charge in [0, 0.05) is 0 Å². The third kappa shape index (κ3) is 2.42. The SMILES string of the molecule is Cc1ccc(S(=O)(=O)OC[C@]2(C)C[C@H]3C=C[C@H]2C3)cc1. The molecule has 2 aliphatic rings. The zero-order chi connectivity index (χ0) is 14.4. The summed E-state index contributed by atoms with van der Waals surface area (Å²) in [5, 5.41) is 0. The Kier molecular flexibility index (Phi) is 3.26. The van der Waals surface area contributed by atoms with Gasteiger partial charge in [0.05, 0.1) is 11.5 Å². The highest BCUT2D eigenvalue weighted by Crippen LogP contribution is 2.52. The lowest BCUT2D eigenvalue weighted by atomic mass is 9.78. The Morgan fingerprint density at radius 2 is 1.95 bits per heavy atom. The second-order valence-electron chi connectivity index (χ2n) is 6.37. The van der Waals surface area contributed by atoms with Crippen molar-refractivity contribution in [3.8, 4) is 0 Å². The van der Waals surface area contributed by atoms with Gasteiger partial charge < -0.3 is 0 Å². The van der Waals surface area contributed by atoms with Crippen molar-refractivity contribution in [1.29, 1.82) is 0 Å². The molecule has 0 saturated heterocycles. The summed E-state index contributed by atoms with van der Waals surface area (Å²) in [5.41, 5.74) is 0.992. The van der Waals surface area contributed by atoms with E-state index in [-0.39, 0.29) is 16.9 Å². The molecular formula is C16H20O3S. The van der Waals surface area contributed by atoms with Crippen LogP contribution in [0.3, 0.4) is 0 Å². The van der Waals surface area contributed by atoms with Crippen molar-refractivity contribution in [3.05, 3.63) is 42.0 Å². The molecule has 0 unspecified atom stereocenters. The van der Waals surface area contributed by atoms with Crippen LogP contribution in [0.15, 0.2) is 41.3 Å². The zero-order valence-corrected chi connectivity index (χ0v) is 12.7. The summed E-state index contributed by atoms with van der Waals surface area (Å²) in [6.45, 7) is 4.33. The Hall–Kier alpha value is -1.13. The van der Waals surface area contributed by atoms with Crippen LogP contribution < -0.4 is 0 Å². The average Bonchev–Trinajstić information content (AvgIpc) is 2.98. The summed E-state index contributed by atoms with van der Waals surface area (Å²) in [4.78, 5) is 0.241. The minimum absolute atomic E-state index is 0.0445. The van der Waals surface area contributed by atoms with Crippen LogP contribution >= 0.6 is 0 Å². The fourth-order valence-electron chi connectivity index (χ4n) is 3.34. The monoisotopic (exact) mass is 292 g/mol. The van der Waals surface area contributed by atoms with Gasteiger partial charge in [-0.15, -0.1) is 0 Å². The molecule has 0 amide bonds. The summed E-state index contributed by atoms with van der Waals surface area (Å²) in [6, 6.07) is 6.79. The van der Waals surface area contributed by atoms with Gasteiger partial charge in [-0.05, 0) is 49.1 Å². The van der Waals surface area contributed by atoms with Crippen molar-refractivity contribution in [2.24, 2.45) is 17.3 Å². The normalized spacial score (nSPS) is 31.9. The van der Waals surface area contributed by atoms with Crippen molar-refractivity contribution in [2.75, 3.05) is 6.61 Å². The lowest BCUT2D eigenvalue weighted by molar-refractivity contribution is 0.139. The molecule has 2 bridgehead atoms. The fraction of sp³-hybridized carbons (Fsp3) is 0.500. The van der Waals surface area contributed by atoms with Gasteiger partial charge in [0.15, 0.2) is 0 Å². The number of allylic oxidation sites excluding steroid dienone is 2. The molecule has 1 fully saturated rings. The molecule has 1 saturated carbocycles. The molecule has 4 heteroatoms. The number of rotatable bonds is 4. The Bertz CT molecular complexity index is 630. The quantitative estimate of drug-likeness (QED) is 0.631. The van der Waals surface area contributed by atoms with Crippen molar-refractivity contribution >= 4 is 10.1 Å². The molecule has 0 aliphatic heterocycles. The van der Waals surface area contributed by atoms with E-state index >= 15 is 0 Å². The average molecular weight is 292 g/mol. The lowest BCUT2D eigenvalue weighted by Crippen LogP contribution is -2.29. The van der Waals surface area contributed by atoms with Crippen molar-refractivity contribution in [2.45, 2.75) is 31.6 Å².